The number of anilines is 1. The molecular formula is C17H19ClN2O3. The van der Waals surface area contributed by atoms with Crippen LogP contribution in [0.1, 0.15) is 5.56 Å². The molecule has 2 rings (SSSR count). The van der Waals surface area contributed by atoms with Crippen LogP contribution in [0.15, 0.2) is 42.5 Å². The van der Waals surface area contributed by atoms with Crippen molar-refractivity contribution in [3.63, 3.8) is 0 Å². The van der Waals surface area contributed by atoms with E-state index in [4.69, 9.17) is 21.1 Å². The maximum atomic E-state index is 11.9. The van der Waals surface area contributed by atoms with E-state index in [0.717, 1.165) is 5.56 Å². The van der Waals surface area contributed by atoms with E-state index in [0.29, 0.717) is 28.8 Å². The standard InChI is InChI=1S/C17H19ClN2O3/c1-22-15-9-14(16(23-2)8-13(15)18)19-11-17(21)20-10-12-6-4-3-5-7-12/h3-9,19H,10-11H2,1-2H3,(H,20,21). The SMILES string of the molecule is COc1cc(NCC(=O)NCc2ccccc2)c(OC)cc1Cl. The van der Waals surface area contributed by atoms with Crippen LogP contribution in [0.3, 0.4) is 0 Å². The number of carbonyl (C=O) groups excluding carboxylic acids is 1. The topological polar surface area (TPSA) is 59.6 Å². The number of methoxy groups -OCH3 is 2. The lowest BCUT2D eigenvalue weighted by Crippen LogP contribution is -2.29. The average Bonchev–Trinajstić information content (AvgIpc) is 2.59. The molecule has 0 heterocycles. The lowest BCUT2D eigenvalue weighted by molar-refractivity contribution is -0.119. The smallest absolute Gasteiger partial charge is 0.239 e. The monoisotopic (exact) mass is 334 g/mol. The van der Waals surface area contributed by atoms with Gasteiger partial charge in [0.25, 0.3) is 0 Å². The van der Waals surface area contributed by atoms with Crippen molar-refractivity contribution in [1.29, 1.82) is 0 Å². The molecule has 0 aliphatic heterocycles. The highest BCUT2D eigenvalue weighted by Crippen LogP contribution is 2.35. The second-order valence-corrected chi connectivity index (χ2v) is 5.21. The van der Waals surface area contributed by atoms with Gasteiger partial charge in [-0.25, -0.2) is 0 Å². The first-order valence-electron chi connectivity index (χ1n) is 7.10. The van der Waals surface area contributed by atoms with Gasteiger partial charge in [-0.1, -0.05) is 41.9 Å². The van der Waals surface area contributed by atoms with E-state index < -0.39 is 0 Å². The lowest BCUT2D eigenvalue weighted by atomic mass is 10.2. The molecule has 5 nitrogen and oxygen atoms in total. The van der Waals surface area contributed by atoms with Crippen molar-refractivity contribution in [3.8, 4) is 11.5 Å². The summed E-state index contributed by atoms with van der Waals surface area (Å²) in [6, 6.07) is 13.1. The molecule has 0 unspecified atom stereocenters. The van der Waals surface area contributed by atoms with Crippen LogP contribution in [-0.2, 0) is 11.3 Å². The van der Waals surface area contributed by atoms with E-state index in [9.17, 15) is 4.79 Å². The summed E-state index contributed by atoms with van der Waals surface area (Å²) in [5, 5.41) is 6.32. The predicted octanol–water partition coefficient (Wildman–Crippen LogP) is 3.09. The van der Waals surface area contributed by atoms with Crippen LogP contribution < -0.4 is 20.1 Å². The van der Waals surface area contributed by atoms with Gasteiger partial charge in [0.15, 0.2) is 0 Å². The Labute approximate surface area is 140 Å². The molecule has 0 bridgehead atoms. The Morgan fingerprint density at radius 1 is 1.09 bits per heavy atom. The van der Waals surface area contributed by atoms with Crippen molar-refractivity contribution in [2.24, 2.45) is 0 Å². The summed E-state index contributed by atoms with van der Waals surface area (Å²) in [5.41, 5.74) is 1.69. The fourth-order valence-corrected chi connectivity index (χ4v) is 2.26. The molecule has 0 saturated heterocycles. The number of amides is 1. The zero-order chi connectivity index (χ0) is 16.7. The summed E-state index contributed by atoms with van der Waals surface area (Å²) in [5.74, 6) is 0.941. The molecule has 0 aliphatic carbocycles. The normalized spacial score (nSPS) is 10.0. The molecule has 0 radical (unpaired) electrons. The molecule has 0 fully saturated rings. The Kier molecular flexibility index (Phi) is 6.11. The minimum atomic E-state index is -0.121. The molecule has 0 aliphatic rings. The molecule has 23 heavy (non-hydrogen) atoms. The average molecular weight is 335 g/mol. The van der Waals surface area contributed by atoms with Crippen LogP contribution in [0.2, 0.25) is 5.02 Å². The van der Waals surface area contributed by atoms with Crippen molar-refractivity contribution >= 4 is 23.2 Å². The third-order valence-corrected chi connectivity index (χ3v) is 3.54. The largest absolute Gasteiger partial charge is 0.495 e. The summed E-state index contributed by atoms with van der Waals surface area (Å²) in [7, 11) is 3.07. The number of nitrogens with one attached hydrogen (secondary N) is 2. The molecule has 0 atom stereocenters. The van der Waals surface area contributed by atoms with Crippen molar-refractivity contribution < 1.29 is 14.3 Å². The maximum absolute atomic E-state index is 11.9. The molecule has 2 N–H and O–H groups in total. The van der Waals surface area contributed by atoms with Gasteiger partial charge in [-0.3, -0.25) is 4.79 Å². The lowest BCUT2D eigenvalue weighted by Gasteiger charge is -2.14. The fraction of sp³-hybridized carbons (Fsp3) is 0.235. The second-order valence-electron chi connectivity index (χ2n) is 4.80. The van der Waals surface area contributed by atoms with Crippen LogP contribution in [-0.4, -0.2) is 26.7 Å². The maximum Gasteiger partial charge on any atom is 0.239 e. The van der Waals surface area contributed by atoms with Gasteiger partial charge < -0.3 is 20.1 Å². The van der Waals surface area contributed by atoms with Gasteiger partial charge in [-0.2, -0.15) is 0 Å². The predicted molar refractivity (Wildman–Crippen MR) is 91.3 cm³/mol. The minimum Gasteiger partial charge on any atom is -0.495 e. The third-order valence-electron chi connectivity index (χ3n) is 3.25. The molecular weight excluding hydrogens is 316 g/mol. The van der Waals surface area contributed by atoms with Gasteiger partial charge >= 0.3 is 0 Å². The van der Waals surface area contributed by atoms with Crippen molar-refractivity contribution in [3.05, 3.63) is 53.1 Å². The van der Waals surface area contributed by atoms with Gasteiger partial charge in [0.2, 0.25) is 5.91 Å². The Hall–Kier alpha value is -2.40. The van der Waals surface area contributed by atoms with E-state index in [1.165, 1.54) is 7.11 Å². The minimum absolute atomic E-state index is 0.119. The number of carbonyl (C=O) groups is 1. The second kappa shape index (κ2) is 8.29. The summed E-state index contributed by atoms with van der Waals surface area (Å²) >= 11 is 6.05. The number of halogens is 1. The number of rotatable bonds is 7. The van der Waals surface area contributed by atoms with E-state index in [2.05, 4.69) is 10.6 Å². The summed E-state index contributed by atoms with van der Waals surface area (Å²) in [4.78, 5) is 11.9. The van der Waals surface area contributed by atoms with E-state index in [1.54, 1.807) is 19.2 Å². The Balaban J connectivity index is 1.93. The third kappa shape index (κ3) is 4.79. The van der Waals surface area contributed by atoms with Crippen LogP contribution >= 0.6 is 11.6 Å². The van der Waals surface area contributed by atoms with Gasteiger partial charge in [0.05, 0.1) is 31.5 Å². The fourth-order valence-electron chi connectivity index (χ4n) is 2.03. The highest BCUT2D eigenvalue weighted by Gasteiger charge is 2.11. The summed E-state index contributed by atoms with van der Waals surface area (Å²) in [6.45, 7) is 0.608. The van der Waals surface area contributed by atoms with Crippen LogP contribution in [0.4, 0.5) is 5.69 Å². The van der Waals surface area contributed by atoms with Crippen molar-refractivity contribution in [1.82, 2.24) is 5.32 Å². The zero-order valence-corrected chi connectivity index (χ0v) is 13.8. The first-order chi connectivity index (χ1) is 11.1. The summed E-state index contributed by atoms with van der Waals surface area (Å²) < 4.78 is 10.4. The van der Waals surface area contributed by atoms with Gasteiger partial charge in [0, 0.05) is 18.7 Å². The molecule has 0 aromatic heterocycles. The van der Waals surface area contributed by atoms with E-state index in [-0.39, 0.29) is 12.5 Å². The number of ether oxygens (including phenoxy) is 2. The molecule has 6 heteroatoms. The number of benzene rings is 2. The van der Waals surface area contributed by atoms with Gasteiger partial charge in [0.1, 0.15) is 11.5 Å². The Morgan fingerprint density at radius 2 is 1.78 bits per heavy atom. The molecule has 0 saturated carbocycles. The van der Waals surface area contributed by atoms with Crippen molar-refractivity contribution in [2.75, 3.05) is 26.1 Å². The van der Waals surface area contributed by atoms with Crippen LogP contribution in [0.5, 0.6) is 11.5 Å². The first-order valence-corrected chi connectivity index (χ1v) is 7.48. The first kappa shape index (κ1) is 17.0. The molecule has 2 aromatic rings. The van der Waals surface area contributed by atoms with E-state index in [1.807, 2.05) is 30.3 Å². The van der Waals surface area contributed by atoms with Crippen LogP contribution in [0, 0.1) is 0 Å². The van der Waals surface area contributed by atoms with E-state index >= 15 is 0 Å². The molecule has 1 amide bonds. The molecule has 0 spiro atoms. The Morgan fingerprint density at radius 3 is 2.43 bits per heavy atom. The van der Waals surface area contributed by atoms with Crippen molar-refractivity contribution in [2.45, 2.75) is 6.54 Å². The Bertz CT molecular complexity index is 662. The number of hydrogen-bond donors (Lipinski definition) is 2. The summed E-state index contributed by atoms with van der Waals surface area (Å²) in [6.07, 6.45) is 0. The molecule has 122 valence electrons. The number of hydrogen-bond acceptors (Lipinski definition) is 4. The highest BCUT2D eigenvalue weighted by molar-refractivity contribution is 6.32. The van der Waals surface area contributed by atoms with Gasteiger partial charge in [-0.15, -0.1) is 0 Å². The van der Waals surface area contributed by atoms with Gasteiger partial charge in [-0.05, 0) is 5.56 Å². The molecule has 2 aromatic carbocycles. The zero-order valence-electron chi connectivity index (χ0n) is 13.1. The van der Waals surface area contributed by atoms with Crippen LogP contribution in [0.25, 0.3) is 0 Å². The quantitative estimate of drug-likeness (QED) is 0.817. The highest BCUT2D eigenvalue weighted by atomic mass is 35.5.